The fourth-order valence-corrected chi connectivity index (χ4v) is 4.36. The molecule has 1 aromatic carbocycles. The molecule has 2 aromatic heterocycles. The number of nitrogens with zero attached hydrogens (tertiary/aromatic N) is 3. The molecule has 0 fully saturated rings. The first-order valence-electron chi connectivity index (χ1n) is 9.18. The van der Waals surface area contributed by atoms with Crippen LogP contribution in [0.1, 0.15) is 24.4 Å². The molecule has 1 aliphatic heterocycles. The molecule has 0 saturated carbocycles. The van der Waals surface area contributed by atoms with Crippen LogP contribution in [0.4, 0.5) is 0 Å². The fourth-order valence-electron chi connectivity index (χ4n) is 3.38. The van der Waals surface area contributed by atoms with Crippen LogP contribution in [-0.2, 0) is 0 Å². The summed E-state index contributed by atoms with van der Waals surface area (Å²) in [5.74, 6) is 1.35. The molecule has 3 heterocycles. The summed E-state index contributed by atoms with van der Waals surface area (Å²) in [6.45, 7) is 6.31. The molecular formula is C21H20N4O3S2. The number of hydrogen-bond donors (Lipinski definition) is 2. The average Bonchev–Trinajstić information content (AvgIpc) is 3.42. The molecule has 0 amide bonds. The molecule has 3 aromatic rings. The Bertz CT molecular complexity index is 1120. The van der Waals surface area contributed by atoms with Crippen LogP contribution in [0, 0.1) is 0 Å². The van der Waals surface area contributed by atoms with Gasteiger partial charge in [-0.25, -0.2) is 0 Å². The maximum absolute atomic E-state index is 10.3. The Morgan fingerprint density at radius 2 is 2.27 bits per heavy atom. The Balaban J connectivity index is 1.83. The normalized spacial score (nSPS) is 16.5. The average molecular weight is 441 g/mol. The molecule has 0 spiro atoms. The van der Waals surface area contributed by atoms with Crippen molar-refractivity contribution in [1.29, 1.82) is 0 Å². The summed E-state index contributed by atoms with van der Waals surface area (Å²) in [6, 6.07) is 8.72. The number of thiophene rings is 1. The molecule has 7 nitrogen and oxygen atoms in total. The van der Waals surface area contributed by atoms with Gasteiger partial charge in [-0.2, -0.15) is 4.98 Å². The first kappa shape index (κ1) is 20.1. The molecule has 4 rings (SSSR count). The van der Waals surface area contributed by atoms with E-state index in [1.54, 1.807) is 29.5 Å². The third kappa shape index (κ3) is 3.57. The van der Waals surface area contributed by atoms with Gasteiger partial charge < -0.3 is 24.6 Å². The molecule has 30 heavy (non-hydrogen) atoms. The lowest BCUT2D eigenvalue weighted by molar-refractivity contribution is 0.372. The van der Waals surface area contributed by atoms with Crippen molar-refractivity contribution >= 4 is 34.2 Å². The van der Waals surface area contributed by atoms with E-state index in [-0.39, 0.29) is 11.8 Å². The molecule has 0 saturated heterocycles. The number of nitrogens with one attached hydrogen (secondary N) is 1. The van der Waals surface area contributed by atoms with Crippen molar-refractivity contribution in [3.63, 3.8) is 0 Å². The number of benzene rings is 1. The minimum atomic E-state index is -0.382. The zero-order valence-electron chi connectivity index (χ0n) is 16.5. The highest BCUT2D eigenvalue weighted by molar-refractivity contribution is 7.80. The number of rotatable bonds is 6. The van der Waals surface area contributed by atoms with Crippen LogP contribution in [0.5, 0.6) is 11.5 Å². The number of thiocarbonyl (C=S) groups is 1. The van der Waals surface area contributed by atoms with Crippen molar-refractivity contribution in [3.8, 4) is 22.2 Å². The monoisotopic (exact) mass is 440 g/mol. The summed E-state index contributed by atoms with van der Waals surface area (Å²) in [6.07, 6.45) is 1.78. The van der Waals surface area contributed by atoms with Gasteiger partial charge in [0.25, 0.3) is 5.89 Å². The van der Waals surface area contributed by atoms with Crippen molar-refractivity contribution in [2.45, 2.75) is 13.0 Å². The van der Waals surface area contributed by atoms with Crippen molar-refractivity contribution in [2.75, 3.05) is 13.7 Å². The molecule has 1 aliphatic rings. The van der Waals surface area contributed by atoms with Crippen molar-refractivity contribution in [1.82, 2.24) is 20.4 Å². The first-order valence-corrected chi connectivity index (χ1v) is 10.5. The number of ether oxygens (including phenoxy) is 1. The molecule has 0 aliphatic carbocycles. The lowest BCUT2D eigenvalue weighted by Gasteiger charge is -2.36. The second kappa shape index (κ2) is 8.29. The van der Waals surface area contributed by atoms with Gasteiger partial charge in [-0.05, 0) is 48.3 Å². The minimum Gasteiger partial charge on any atom is -0.504 e. The summed E-state index contributed by atoms with van der Waals surface area (Å²) < 4.78 is 10.8. The summed E-state index contributed by atoms with van der Waals surface area (Å²) >= 11 is 7.12. The number of hydrogen-bond acceptors (Lipinski definition) is 7. The Hall–Kier alpha value is -3.17. The van der Waals surface area contributed by atoms with Gasteiger partial charge in [0, 0.05) is 12.2 Å². The largest absolute Gasteiger partial charge is 0.504 e. The van der Waals surface area contributed by atoms with Crippen LogP contribution in [0.25, 0.3) is 16.3 Å². The second-order valence-electron chi connectivity index (χ2n) is 6.61. The van der Waals surface area contributed by atoms with Crippen LogP contribution < -0.4 is 10.1 Å². The Kier molecular flexibility index (Phi) is 5.56. The zero-order valence-corrected chi connectivity index (χ0v) is 18.1. The van der Waals surface area contributed by atoms with E-state index in [2.05, 4.69) is 22.0 Å². The first-order chi connectivity index (χ1) is 14.5. The van der Waals surface area contributed by atoms with Gasteiger partial charge in [0.05, 0.1) is 23.6 Å². The maximum Gasteiger partial charge on any atom is 0.258 e. The van der Waals surface area contributed by atoms with Gasteiger partial charge in [0.2, 0.25) is 5.82 Å². The minimum absolute atomic E-state index is 0.0399. The SMILES string of the molecule is C=CCN1C(=S)NC(c2ccc(OC)c(O)c2)C(c2nc(-c3cccs3)no2)=C1C. The van der Waals surface area contributed by atoms with E-state index in [0.29, 0.717) is 29.1 Å². The van der Waals surface area contributed by atoms with Crippen LogP contribution in [0.15, 0.2) is 58.6 Å². The maximum atomic E-state index is 10.3. The lowest BCUT2D eigenvalue weighted by Crippen LogP contribution is -2.45. The van der Waals surface area contributed by atoms with Crippen LogP contribution >= 0.6 is 23.6 Å². The molecule has 0 bridgehead atoms. The Morgan fingerprint density at radius 3 is 2.93 bits per heavy atom. The van der Waals surface area contributed by atoms with Crippen molar-refractivity contribution in [2.24, 2.45) is 0 Å². The van der Waals surface area contributed by atoms with Gasteiger partial charge in [0.1, 0.15) is 0 Å². The van der Waals surface area contributed by atoms with Gasteiger partial charge in [-0.3, -0.25) is 0 Å². The molecular weight excluding hydrogens is 420 g/mol. The van der Waals surface area contributed by atoms with E-state index < -0.39 is 0 Å². The quantitative estimate of drug-likeness (QED) is 0.432. The molecule has 2 N–H and O–H groups in total. The number of methoxy groups -OCH3 is 1. The van der Waals surface area contributed by atoms with Gasteiger partial charge >= 0.3 is 0 Å². The number of allylic oxidation sites excluding steroid dienone is 1. The standard InChI is InChI=1S/C21H20N4O3S2/c1-4-9-25-12(2)17(20-23-19(24-28-20)16-6-5-10-30-16)18(22-21(25)29)13-7-8-15(27-3)14(26)11-13/h4-8,10-11,18,26H,1,9H2,2-3H3,(H,22,29). The molecule has 154 valence electrons. The van der Waals surface area contributed by atoms with Gasteiger partial charge in [-0.15, -0.1) is 17.9 Å². The topological polar surface area (TPSA) is 83.7 Å². The van der Waals surface area contributed by atoms with E-state index in [0.717, 1.165) is 21.7 Å². The van der Waals surface area contributed by atoms with Gasteiger partial charge in [-0.1, -0.05) is 23.4 Å². The summed E-state index contributed by atoms with van der Waals surface area (Å²) in [7, 11) is 1.51. The zero-order chi connectivity index (χ0) is 21.3. The second-order valence-corrected chi connectivity index (χ2v) is 7.95. The number of aromatic hydroxyl groups is 1. The molecule has 9 heteroatoms. The summed E-state index contributed by atoms with van der Waals surface area (Å²) in [4.78, 5) is 7.47. The van der Waals surface area contributed by atoms with Crippen LogP contribution in [-0.4, -0.2) is 38.9 Å². The van der Waals surface area contributed by atoms with E-state index in [1.807, 2.05) is 35.4 Å². The molecule has 1 unspecified atom stereocenters. The summed E-state index contributed by atoms with van der Waals surface area (Å²) in [5.41, 5.74) is 2.45. The van der Waals surface area contributed by atoms with E-state index in [9.17, 15) is 5.11 Å². The van der Waals surface area contributed by atoms with Crippen LogP contribution in [0.3, 0.4) is 0 Å². The lowest BCUT2D eigenvalue weighted by atomic mass is 9.94. The number of phenolic OH excluding ortho intramolecular Hbond substituents is 1. The highest BCUT2D eigenvalue weighted by Crippen LogP contribution is 2.39. The third-order valence-electron chi connectivity index (χ3n) is 4.84. The molecule has 0 radical (unpaired) electrons. The number of phenols is 1. The van der Waals surface area contributed by atoms with E-state index >= 15 is 0 Å². The summed E-state index contributed by atoms with van der Waals surface area (Å²) in [5, 5.41) is 20.3. The third-order valence-corrected chi connectivity index (χ3v) is 6.05. The predicted octanol–water partition coefficient (Wildman–Crippen LogP) is 4.36. The Labute approximate surface area is 183 Å². The van der Waals surface area contributed by atoms with Crippen molar-refractivity contribution < 1.29 is 14.4 Å². The highest BCUT2D eigenvalue weighted by atomic mass is 32.1. The van der Waals surface area contributed by atoms with Gasteiger partial charge in [0.15, 0.2) is 16.6 Å². The smallest absolute Gasteiger partial charge is 0.258 e. The van der Waals surface area contributed by atoms with Crippen LogP contribution in [0.2, 0.25) is 0 Å². The van der Waals surface area contributed by atoms with E-state index in [4.69, 9.17) is 21.5 Å². The highest BCUT2D eigenvalue weighted by Gasteiger charge is 2.34. The Morgan fingerprint density at radius 1 is 1.43 bits per heavy atom. The molecule has 1 atom stereocenters. The fraction of sp³-hybridized carbons (Fsp3) is 0.190. The van der Waals surface area contributed by atoms with E-state index in [1.165, 1.54) is 7.11 Å². The number of aromatic nitrogens is 2. The predicted molar refractivity (Wildman–Crippen MR) is 120 cm³/mol. The van der Waals surface area contributed by atoms with Crippen molar-refractivity contribution in [3.05, 3.63) is 65.5 Å².